The molecule has 1 aromatic heterocycles. The molecule has 0 saturated heterocycles. The predicted molar refractivity (Wildman–Crippen MR) is 65.3 cm³/mol. The molecule has 1 aliphatic rings. The third-order valence-electron chi connectivity index (χ3n) is 3.45. The zero-order valence-electron chi connectivity index (χ0n) is 9.79. The second-order valence-corrected chi connectivity index (χ2v) is 5.82. The van der Waals surface area contributed by atoms with Gasteiger partial charge in [-0.3, -0.25) is 0 Å². The Bertz CT molecular complexity index is 321. The van der Waals surface area contributed by atoms with Crippen molar-refractivity contribution in [1.82, 2.24) is 10.3 Å². The van der Waals surface area contributed by atoms with Crippen LogP contribution in [0, 0.1) is 5.92 Å². The van der Waals surface area contributed by atoms with Gasteiger partial charge in [0.15, 0.2) is 0 Å². The van der Waals surface area contributed by atoms with E-state index in [1.54, 1.807) is 0 Å². The van der Waals surface area contributed by atoms with Gasteiger partial charge in [-0.1, -0.05) is 13.3 Å². The van der Waals surface area contributed by atoms with Crippen LogP contribution in [0.3, 0.4) is 0 Å². The Balaban J connectivity index is 2.07. The first-order valence-corrected chi connectivity index (χ1v) is 6.65. The molecular weight excluding hydrogens is 204 g/mol. The van der Waals surface area contributed by atoms with Crippen molar-refractivity contribution in [3.63, 3.8) is 0 Å². The van der Waals surface area contributed by atoms with Crippen molar-refractivity contribution >= 4 is 11.3 Å². The molecule has 1 N–H and O–H groups in total. The summed E-state index contributed by atoms with van der Waals surface area (Å²) in [5.41, 5.74) is 0. The molecule has 3 heteroatoms. The molecule has 15 heavy (non-hydrogen) atoms. The predicted octanol–water partition coefficient (Wildman–Crippen LogP) is 3.33. The van der Waals surface area contributed by atoms with Crippen LogP contribution in [0.1, 0.15) is 55.0 Å². The van der Waals surface area contributed by atoms with E-state index in [0.717, 1.165) is 11.8 Å². The minimum Gasteiger partial charge on any atom is -0.312 e. The van der Waals surface area contributed by atoms with Gasteiger partial charge in [-0.05, 0) is 32.7 Å². The average molecular weight is 224 g/mol. The van der Waals surface area contributed by atoms with E-state index in [9.17, 15) is 0 Å². The van der Waals surface area contributed by atoms with Crippen LogP contribution >= 0.6 is 11.3 Å². The molecule has 2 nitrogen and oxygen atoms in total. The van der Waals surface area contributed by atoms with Crippen LogP contribution < -0.4 is 5.32 Å². The van der Waals surface area contributed by atoms with E-state index in [1.165, 1.54) is 29.1 Å². The largest absolute Gasteiger partial charge is 0.312 e. The SMILES string of the molecule is CNC(C)c1cnc(C2CCC(C)C2)s1. The lowest BCUT2D eigenvalue weighted by Gasteiger charge is -2.06. The molecule has 0 spiro atoms. The lowest BCUT2D eigenvalue weighted by molar-refractivity contribution is 0.595. The maximum absolute atomic E-state index is 4.58. The molecule has 2 rings (SSSR count). The Morgan fingerprint density at radius 1 is 1.53 bits per heavy atom. The maximum Gasteiger partial charge on any atom is 0.0959 e. The van der Waals surface area contributed by atoms with Gasteiger partial charge in [0.1, 0.15) is 0 Å². The molecule has 1 saturated carbocycles. The minimum atomic E-state index is 0.440. The van der Waals surface area contributed by atoms with Gasteiger partial charge in [-0.15, -0.1) is 11.3 Å². The third-order valence-corrected chi connectivity index (χ3v) is 4.79. The highest BCUT2D eigenvalue weighted by molar-refractivity contribution is 7.11. The molecule has 1 aromatic rings. The lowest BCUT2D eigenvalue weighted by atomic mass is 10.1. The first-order chi connectivity index (χ1) is 7.20. The normalized spacial score (nSPS) is 28.2. The van der Waals surface area contributed by atoms with Crippen molar-refractivity contribution in [2.24, 2.45) is 5.92 Å². The van der Waals surface area contributed by atoms with Crippen molar-refractivity contribution in [2.45, 2.75) is 45.1 Å². The van der Waals surface area contributed by atoms with Crippen molar-refractivity contribution in [3.8, 4) is 0 Å². The Labute approximate surface area is 96.1 Å². The molecule has 84 valence electrons. The topological polar surface area (TPSA) is 24.9 Å². The van der Waals surface area contributed by atoms with E-state index < -0.39 is 0 Å². The minimum absolute atomic E-state index is 0.440. The fourth-order valence-corrected chi connectivity index (χ4v) is 3.39. The molecule has 0 aromatic carbocycles. The van der Waals surface area contributed by atoms with Crippen molar-refractivity contribution < 1.29 is 0 Å². The molecule has 3 atom stereocenters. The van der Waals surface area contributed by atoms with Gasteiger partial charge >= 0.3 is 0 Å². The Hall–Kier alpha value is -0.410. The summed E-state index contributed by atoms with van der Waals surface area (Å²) in [5, 5.41) is 4.62. The first-order valence-electron chi connectivity index (χ1n) is 5.83. The molecule has 1 aliphatic carbocycles. The zero-order chi connectivity index (χ0) is 10.8. The number of nitrogens with one attached hydrogen (secondary N) is 1. The quantitative estimate of drug-likeness (QED) is 0.852. The van der Waals surface area contributed by atoms with Gasteiger partial charge in [0.2, 0.25) is 0 Å². The van der Waals surface area contributed by atoms with Gasteiger partial charge in [0.25, 0.3) is 0 Å². The van der Waals surface area contributed by atoms with Crippen LogP contribution in [0.2, 0.25) is 0 Å². The molecule has 1 heterocycles. The second-order valence-electron chi connectivity index (χ2n) is 4.73. The van der Waals surface area contributed by atoms with Crippen molar-refractivity contribution in [2.75, 3.05) is 7.05 Å². The number of thiazole rings is 1. The smallest absolute Gasteiger partial charge is 0.0959 e. The van der Waals surface area contributed by atoms with E-state index in [-0.39, 0.29) is 0 Å². The molecule has 0 amide bonds. The van der Waals surface area contributed by atoms with E-state index >= 15 is 0 Å². The van der Waals surface area contributed by atoms with Crippen LogP contribution in [0.4, 0.5) is 0 Å². The summed E-state index contributed by atoms with van der Waals surface area (Å²) in [6.45, 7) is 4.54. The fraction of sp³-hybridized carbons (Fsp3) is 0.750. The van der Waals surface area contributed by atoms with E-state index in [0.29, 0.717) is 6.04 Å². The van der Waals surface area contributed by atoms with Gasteiger partial charge in [-0.25, -0.2) is 4.98 Å². The van der Waals surface area contributed by atoms with Gasteiger partial charge < -0.3 is 5.32 Å². The summed E-state index contributed by atoms with van der Waals surface area (Å²) in [6.07, 6.45) is 6.09. The monoisotopic (exact) mass is 224 g/mol. The number of nitrogens with zero attached hydrogens (tertiary/aromatic N) is 1. The average Bonchev–Trinajstić information content (AvgIpc) is 2.84. The number of hydrogen-bond acceptors (Lipinski definition) is 3. The molecule has 0 bridgehead atoms. The molecule has 0 radical (unpaired) electrons. The maximum atomic E-state index is 4.58. The van der Waals surface area contributed by atoms with Crippen LogP contribution in [-0.4, -0.2) is 12.0 Å². The van der Waals surface area contributed by atoms with Gasteiger partial charge in [0, 0.05) is 23.0 Å². The Morgan fingerprint density at radius 2 is 2.33 bits per heavy atom. The standard InChI is InChI=1S/C12H20N2S/c1-8-4-5-10(6-8)12-14-7-11(15-12)9(2)13-3/h7-10,13H,4-6H2,1-3H3. The van der Waals surface area contributed by atoms with Crippen LogP contribution in [0.25, 0.3) is 0 Å². The summed E-state index contributed by atoms with van der Waals surface area (Å²) in [4.78, 5) is 5.95. The highest BCUT2D eigenvalue weighted by Crippen LogP contribution is 2.40. The fourth-order valence-electron chi connectivity index (χ4n) is 2.26. The molecule has 1 fully saturated rings. The van der Waals surface area contributed by atoms with Gasteiger partial charge in [-0.2, -0.15) is 0 Å². The molecular formula is C12H20N2S. The number of aromatic nitrogens is 1. The third kappa shape index (κ3) is 2.40. The summed E-state index contributed by atoms with van der Waals surface area (Å²) in [5.74, 6) is 1.63. The van der Waals surface area contributed by atoms with Crippen molar-refractivity contribution in [3.05, 3.63) is 16.1 Å². The van der Waals surface area contributed by atoms with E-state index in [2.05, 4.69) is 24.1 Å². The lowest BCUT2D eigenvalue weighted by Crippen LogP contribution is -2.10. The Morgan fingerprint density at radius 3 is 2.93 bits per heavy atom. The summed E-state index contributed by atoms with van der Waals surface area (Å²) in [6, 6.07) is 0.440. The van der Waals surface area contributed by atoms with Crippen LogP contribution in [0.15, 0.2) is 6.20 Å². The van der Waals surface area contributed by atoms with Crippen molar-refractivity contribution in [1.29, 1.82) is 0 Å². The van der Waals surface area contributed by atoms with Crippen LogP contribution in [-0.2, 0) is 0 Å². The Kier molecular flexibility index (Phi) is 3.42. The highest BCUT2D eigenvalue weighted by Gasteiger charge is 2.25. The van der Waals surface area contributed by atoms with E-state index in [1.807, 2.05) is 24.6 Å². The van der Waals surface area contributed by atoms with Gasteiger partial charge in [0.05, 0.1) is 5.01 Å². The zero-order valence-corrected chi connectivity index (χ0v) is 10.6. The summed E-state index contributed by atoms with van der Waals surface area (Å²) in [7, 11) is 2.00. The molecule has 0 aliphatic heterocycles. The highest BCUT2D eigenvalue weighted by atomic mass is 32.1. The van der Waals surface area contributed by atoms with E-state index in [4.69, 9.17) is 0 Å². The summed E-state index contributed by atoms with van der Waals surface area (Å²) < 4.78 is 0. The molecule has 3 unspecified atom stereocenters. The number of hydrogen-bond donors (Lipinski definition) is 1. The summed E-state index contributed by atoms with van der Waals surface area (Å²) >= 11 is 1.89. The second kappa shape index (κ2) is 4.62. The number of rotatable bonds is 3. The first kappa shape index (κ1) is 11.1. The van der Waals surface area contributed by atoms with Crippen LogP contribution in [0.5, 0.6) is 0 Å².